The molecule has 22 heavy (non-hydrogen) atoms. The zero-order chi connectivity index (χ0) is 17.0. The van der Waals surface area contributed by atoms with E-state index in [4.69, 9.17) is 4.74 Å². The molecular formula is C17H26N2O3. The molecule has 1 heterocycles. The highest BCUT2D eigenvalue weighted by Gasteiger charge is 2.33. The lowest BCUT2D eigenvalue weighted by molar-refractivity contribution is -0.122. The number of ether oxygens (including phenoxy) is 1. The molecule has 0 aromatic carbocycles. The number of ketones is 1. The third-order valence-corrected chi connectivity index (χ3v) is 2.93. The highest BCUT2D eigenvalue weighted by Crippen LogP contribution is 2.22. The van der Waals surface area contributed by atoms with Crippen molar-refractivity contribution in [1.82, 2.24) is 10.3 Å². The number of alkyl carbamates (subject to hydrolysis) is 1. The number of rotatable bonds is 4. The molecule has 1 aromatic rings. The van der Waals surface area contributed by atoms with Gasteiger partial charge in [0, 0.05) is 11.9 Å². The van der Waals surface area contributed by atoms with Gasteiger partial charge in [0.25, 0.3) is 0 Å². The molecule has 0 aliphatic carbocycles. The number of Topliss-reactive ketones (excluding diaryl/α,β-unsaturated/α-hetero) is 1. The fourth-order valence-electron chi connectivity index (χ4n) is 1.99. The van der Waals surface area contributed by atoms with E-state index in [0.717, 1.165) is 0 Å². The van der Waals surface area contributed by atoms with Gasteiger partial charge in [0.1, 0.15) is 5.60 Å². The first-order valence-corrected chi connectivity index (χ1v) is 7.41. The van der Waals surface area contributed by atoms with Crippen LogP contribution in [0, 0.1) is 5.41 Å². The summed E-state index contributed by atoms with van der Waals surface area (Å²) in [6, 6.07) is 4.80. The predicted octanol–water partition coefficient (Wildman–Crippen LogP) is 3.13. The van der Waals surface area contributed by atoms with Crippen LogP contribution in [-0.2, 0) is 16.0 Å². The van der Waals surface area contributed by atoms with Gasteiger partial charge in [0.2, 0.25) is 0 Å². The van der Waals surface area contributed by atoms with Gasteiger partial charge in [-0.3, -0.25) is 9.78 Å². The maximum Gasteiger partial charge on any atom is 0.408 e. The first-order valence-electron chi connectivity index (χ1n) is 7.41. The molecule has 5 nitrogen and oxygen atoms in total. The van der Waals surface area contributed by atoms with E-state index >= 15 is 0 Å². The maximum absolute atomic E-state index is 12.6. The Kier molecular flexibility index (Phi) is 5.69. The Balaban J connectivity index is 2.81. The summed E-state index contributed by atoms with van der Waals surface area (Å²) in [5.74, 6) is -0.0861. The Hall–Kier alpha value is -1.91. The van der Waals surface area contributed by atoms with Crippen LogP contribution in [0.4, 0.5) is 4.79 Å². The van der Waals surface area contributed by atoms with Gasteiger partial charge in [-0.2, -0.15) is 0 Å². The van der Waals surface area contributed by atoms with E-state index in [2.05, 4.69) is 10.3 Å². The van der Waals surface area contributed by atoms with E-state index in [1.165, 1.54) is 0 Å². The number of aromatic nitrogens is 1. The van der Waals surface area contributed by atoms with Crippen molar-refractivity contribution in [3.63, 3.8) is 0 Å². The summed E-state index contributed by atoms with van der Waals surface area (Å²) in [5.41, 5.74) is -0.327. The number of pyridine rings is 1. The van der Waals surface area contributed by atoms with Gasteiger partial charge < -0.3 is 10.1 Å². The van der Waals surface area contributed by atoms with Gasteiger partial charge in [0.05, 0.1) is 12.5 Å². The van der Waals surface area contributed by atoms with Crippen molar-refractivity contribution in [2.75, 3.05) is 0 Å². The van der Waals surface area contributed by atoms with Gasteiger partial charge in [-0.05, 0) is 38.3 Å². The number of carbonyl (C=O) groups is 2. The monoisotopic (exact) mass is 306 g/mol. The number of amides is 1. The average Bonchev–Trinajstić information content (AvgIpc) is 2.33. The summed E-state index contributed by atoms with van der Waals surface area (Å²) in [5, 5.41) is 2.70. The molecule has 0 aliphatic heterocycles. The SMILES string of the molecule is CC(C)(C)OC(=O)NC(C(=O)Cc1ccccn1)C(C)(C)C. The lowest BCUT2D eigenvalue weighted by Gasteiger charge is -2.31. The Morgan fingerprint density at radius 2 is 1.82 bits per heavy atom. The number of nitrogens with zero attached hydrogens (tertiary/aromatic N) is 1. The second-order valence-electron chi connectivity index (χ2n) is 7.41. The Bertz CT molecular complexity index is 513. The molecular weight excluding hydrogens is 280 g/mol. The lowest BCUT2D eigenvalue weighted by Crippen LogP contribution is -2.51. The normalized spacial score (nSPS) is 13.4. The van der Waals surface area contributed by atoms with E-state index in [-0.39, 0.29) is 12.2 Å². The van der Waals surface area contributed by atoms with Crippen LogP contribution in [-0.4, -0.2) is 28.5 Å². The predicted molar refractivity (Wildman–Crippen MR) is 85.6 cm³/mol. The van der Waals surface area contributed by atoms with Crippen LogP contribution in [0.3, 0.4) is 0 Å². The number of nitrogens with one attached hydrogen (secondary N) is 1. The van der Waals surface area contributed by atoms with Gasteiger partial charge in [-0.25, -0.2) is 4.79 Å². The summed E-state index contributed by atoms with van der Waals surface area (Å²) in [6.45, 7) is 11.1. The van der Waals surface area contributed by atoms with Crippen molar-refractivity contribution in [1.29, 1.82) is 0 Å². The van der Waals surface area contributed by atoms with E-state index in [1.54, 1.807) is 39.1 Å². The summed E-state index contributed by atoms with van der Waals surface area (Å²) < 4.78 is 5.25. The summed E-state index contributed by atoms with van der Waals surface area (Å²) in [4.78, 5) is 28.7. The number of carbonyl (C=O) groups excluding carboxylic acids is 2. The van der Waals surface area contributed by atoms with E-state index in [1.807, 2.05) is 26.8 Å². The molecule has 0 fully saturated rings. The van der Waals surface area contributed by atoms with Crippen molar-refractivity contribution >= 4 is 11.9 Å². The molecule has 0 saturated heterocycles. The smallest absolute Gasteiger partial charge is 0.408 e. The minimum absolute atomic E-state index is 0.0861. The highest BCUT2D eigenvalue weighted by atomic mass is 16.6. The fraction of sp³-hybridized carbons (Fsp3) is 0.588. The van der Waals surface area contributed by atoms with Gasteiger partial charge in [-0.15, -0.1) is 0 Å². The Morgan fingerprint density at radius 3 is 2.27 bits per heavy atom. The molecule has 122 valence electrons. The second kappa shape index (κ2) is 6.90. The first kappa shape index (κ1) is 18.1. The Labute approximate surface area is 132 Å². The van der Waals surface area contributed by atoms with Gasteiger partial charge in [0.15, 0.2) is 5.78 Å². The molecule has 0 spiro atoms. The van der Waals surface area contributed by atoms with E-state index in [9.17, 15) is 9.59 Å². The minimum Gasteiger partial charge on any atom is -0.444 e. The van der Waals surface area contributed by atoms with E-state index in [0.29, 0.717) is 5.69 Å². The molecule has 1 N–H and O–H groups in total. The molecule has 0 radical (unpaired) electrons. The summed E-state index contributed by atoms with van der Waals surface area (Å²) in [7, 11) is 0. The zero-order valence-electron chi connectivity index (χ0n) is 14.3. The van der Waals surface area contributed by atoms with Crippen LogP contribution in [0.15, 0.2) is 24.4 Å². The number of hydrogen-bond acceptors (Lipinski definition) is 4. The van der Waals surface area contributed by atoms with Crippen LogP contribution in [0.2, 0.25) is 0 Å². The Morgan fingerprint density at radius 1 is 1.18 bits per heavy atom. The molecule has 1 atom stereocenters. The molecule has 1 aromatic heterocycles. The molecule has 0 saturated carbocycles. The molecule has 0 aliphatic rings. The van der Waals surface area contributed by atoms with Crippen molar-refractivity contribution in [3.05, 3.63) is 30.1 Å². The third-order valence-electron chi connectivity index (χ3n) is 2.93. The van der Waals surface area contributed by atoms with Crippen LogP contribution >= 0.6 is 0 Å². The molecule has 5 heteroatoms. The van der Waals surface area contributed by atoms with Crippen LogP contribution in [0.25, 0.3) is 0 Å². The number of hydrogen-bond donors (Lipinski definition) is 1. The van der Waals surface area contributed by atoms with Crippen LogP contribution in [0.5, 0.6) is 0 Å². The van der Waals surface area contributed by atoms with Gasteiger partial charge >= 0.3 is 6.09 Å². The standard InChI is InChI=1S/C17H26N2O3/c1-16(2,3)14(19-15(21)22-17(4,5)6)13(20)11-12-9-7-8-10-18-12/h7-10,14H,11H2,1-6H3,(H,19,21). The first-order chi connectivity index (χ1) is 9.99. The minimum atomic E-state index is -0.635. The summed E-state index contributed by atoms with van der Waals surface area (Å²) in [6.07, 6.45) is 1.25. The van der Waals surface area contributed by atoms with Crippen molar-refractivity contribution in [2.24, 2.45) is 5.41 Å². The highest BCUT2D eigenvalue weighted by molar-refractivity contribution is 5.89. The quantitative estimate of drug-likeness (QED) is 0.928. The van der Waals surface area contributed by atoms with Crippen molar-refractivity contribution < 1.29 is 14.3 Å². The third kappa shape index (κ3) is 6.24. The van der Waals surface area contributed by atoms with Crippen molar-refractivity contribution in [3.8, 4) is 0 Å². The molecule has 1 rings (SSSR count). The topological polar surface area (TPSA) is 68.3 Å². The largest absolute Gasteiger partial charge is 0.444 e. The zero-order valence-corrected chi connectivity index (χ0v) is 14.3. The van der Waals surface area contributed by atoms with Crippen LogP contribution < -0.4 is 5.32 Å². The fourth-order valence-corrected chi connectivity index (χ4v) is 1.99. The van der Waals surface area contributed by atoms with Crippen LogP contribution in [0.1, 0.15) is 47.2 Å². The van der Waals surface area contributed by atoms with Crippen molar-refractivity contribution in [2.45, 2.75) is 59.6 Å². The average molecular weight is 306 g/mol. The lowest BCUT2D eigenvalue weighted by atomic mass is 9.83. The van der Waals surface area contributed by atoms with E-state index < -0.39 is 23.2 Å². The molecule has 0 bridgehead atoms. The molecule has 1 amide bonds. The molecule has 1 unspecified atom stereocenters. The maximum atomic E-state index is 12.6. The van der Waals surface area contributed by atoms with Gasteiger partial charge in [-0.1, -0.05) is 26.8 Å². The summed E-state index contributed by atoms with van der Waals surface area (Å²) >= 11 is 0. The second-order valence-corrected chi connectivity index (χ2v) is 7.41.